The van der Waals surface area contributed by atoms with Gasteiger partial charge in [0.05, 0.1) is 0 Å². The minimum atomic E-state index is -3.42. The summed E-state index contributed by atoms with van der Waals surface area (Å²) >= 11 is 0. The Morgan fingerprint density at radius 2 is 2.10 bits per heavy atom. The van der Waals surface area contributed by atoms with E-state index in [1.54, 1.807) is 0 Å². The molecule has 0 aliphatic rings. The van der Waals surface area contributed by atoms with Crippen molar-refractivity contribution < 1.29 is 19.4 Å². The number of carboxylic acids is 1. The molecule has 2 atom stereocenters. The molecule has 0 spiro atoms. The molecule has 2 unspecified atom stereocenters. The molecule has 2 N–H and O–H groups in total. The quantitative estimate of drug-likeness (QED) is 0.606. The average Bonchev–Trinajstić information content (AvgIpc) is 1.86. The van der Waals surface area contributed by atoms with Crippen molar-refractivity contribution in [2.75, 3.05) is 6.16 Å². The first kappa shape index (κ1) is 9.66. The van der Waals surface area contributed by atoms with E-state index in [1.807, 2.05) is 0 Å². The van der Waals surface area contributed by atoms with Gasteiger partial charge in [-0.25, -0.2) is 0 Å². The Morgan fingerprint density at radius 1 is 1.70 bits per heavy atom. The van der Waals surface area contributed by atoms with E-state index in [9.17, 15) is 9.36 Å². The number of hydrogen-bond acceptors (Lipinski definition) is 2. The average molecular weight is 166 g/mol. The summed E-state index contributed by atoms with van der Waals surface area (Å²) in [4.78, 5) is 19.1. The van der Waals surface area contributed by atoms with E-state index in [0.717, 1.165) is 0 Å². The summed E-state index contributed by atoms with van der Waals surface area (Å²) in [6.07, 6.45) is 0.0144. The molecular formula is C5H11O4P. The molecule has 0 rings (SSSR count). The second kappa shape index (κ2) is 3.17. The molecule has 0 aromatic carbocycles. The van der Waals surface area contributed by atoms with Gasteiger partial charge in [-0.3, -0.25) is 9.36 Å². The lowest BCUT2D eigenvalue weighted by Gasteiger charge is -2.12. The molecule has 0 aromatic heterocycles. The molecule has 0 radical (unpaired) electrons. The highest BCUT2D eigenvalue weighted by Gasteiger charge is 2.30. The van der Waals surface area contributed by atoms with Crippen molar-refractivity contribution in [1.29, 1.82) is 0 Å². The number of hydrogen-bond donors (Lipinski definition) is 2. The second-order valence-electron chi connectivity index (χ2n) is 2.09. The van der Waals surface area contributed by atoms with Crippen LogP contribution in [0.1, 0.15) is 13.8 Å². The van der Waals surface area contributed by atoms with Gasteiger partial charge in [-0.05, 0) is 6.92 Å². The highest BCUT2D eigenvalue weighted by atomic mass is 31.2. The van der Waals surface area contributed by atoms with Gasteiger partial charge < -0.3 is 10.00 Å². The van der Waals surface area contributed by atoms with Gasteiger partial charge in [0, 0.05) is 6.16 Å². The van der Waals surface area contributed by atoms with Gasteiger partial charge in [0.25, 0.3) is 0 Å². The number of carbonyl (C=O) groups is 1. The number of carboxylic acid groups (broad SMARTS) is 1. The maximum atomic E-state index is 10.9. The van der Waals surface area contributed by atoms with Crippen molar-refractivity contribution in [1.82, 2.24) is 0 Å². The Morgan fingerprint density at radius 3 is 2.20 bits per heavy atom. The van der Waals surface area contributed by atoms with E-state index >= 15 is 0 Å². The summed E-state index contributed by atoms with van der Waals surface area (Å²) in [6, 6.07) is 0. The van der Waals surface area contributed by atoms with Gasteiger partial charge in [-0.1, -0.05) is 6.92 Å². The molecule has 0 amide bonds. The van der Waals surface area contributed by atoms with Crippen LogP contribution < -0.4 is 0 Å². The van der Waals surface area contributed by atoms with Crippen LogP contribution >= 0.6 is 7.37 Å². The maximum Gasteiger partial charge on any atom is 0.316 e. The standard InChI is InChI=1S/C5H11O4P/c1-3-10(8,9)4(2)5(6)7/h4H,3H2,1-2H3,(H,6,7)(H,8,9). The SMILES string of the molecule is CCP(=O)(O)C(C)C(=O)O. The van der Waals surface area contributed by atoms with Crippen LogP contribution in [0.4, 0.5) is 0 Å². The zero-order valence-corrected chi connectivity index (χ0v) is 6.84. The second-order valence-corrected chi connectivity index (χ2v) is 5.00. The Labute approximate surface area is 59.3 Å². The predicted octanol–water partition coefficient (Wildman–Crippen LogP) is 0.750. The molecule has 0 saturated heterocycles. The monoisotopic (exact) mass is 166 g/mol. The molecule has 0 heterocycles. The molecule has 5 heteroatoms. The zero-order chi connectivity index (χ0) is 8.36. The first-order valence-corrected chi connectivity index (χ1v) is 4.87. The van der Waals surface area contributed by atoms with E-state index in [-0.39, 0.29) is 6.16 Å². The van der Waals surface area contributed by atoms with Crippen molar-refractivity contribution >= 4 is 13.3 Å². The van der Waals surface area contributed by atoms with E-state index in [1.165, 1.54) is 13.8 Å². The van der Waals surface area contributed by atoms with Crippen LogP contribution in [0.5, 0.6) is 0 Å². The molecule has 0 fully saturated rings. The Bertz CT molecular complexity index is 176. The van der Waals surface area contributed by atoms with Crippen LogP contribution in [0.25, 0.3) is 0 Å². The summed E-state index contributed by atoms with van der Waals surface area (Å²) in [7, 11) is -3.42. The molecule has 4 nitrogen and oxygen atoms in total. The lowest BCUT2D eigenvalue weighted by Crippen LogP contribution is -2.17. The molecular weight excluding hydrogens is 155 g/mol. The fraction of sp³-hybridized carbons (Fsp3) is 0.800. The maximum absolute atomic E-state index is 10.9. The molecule has 60 valence electrons. The molecule has 0 aliphatic carbocycles. The van der Waals surface area contributed by atoms with Gasteiger partial charge in [0.15, 0.2) is 0 Å². The van der Waals surface area contributed by atoms with Crippen molar-refractivity contribution in [3.8, 4) is 0 Å². The Hall–Kier alpha value is -0.340. The molecule has 0 saturated carbocycles. The van der Waals surface area contributed by atoms with Crippen LogP contribution in [0.3, 0.4) is 0 Å². The van der Waals surface area contributed by atoms with Crippen molar-refractivity contribution in [2.24, 2.45) is 0 Å². The first-order valence-electron chi connectivity index (χ1n) is 2.96. The van der Waals surface area contributed by atoms with Gasteiger partial charge >= 0.3 is 5.97 Å². The zero-order valence-electron chi connectivity index (χ0n) is 5.94. The normalized spacial score (nSPS) is 19.5. The van der Waals surface area contributed by atoms with E-state index in [4.69, 9.17) is 10.00 Å². The van der Waals surface area contributed by atoms with Gasteiger partial charge in [-0.15, -0.1) is 0 Å². The largest absolute Gasteiger partial charge is 0.481 e. The minimum Gasteiger partial charge on any atom is -0.481 e. The van der Waals surface area contributed by atoms with Crippen molar-refractivity contribution in [2.45, 2.75) is 19.5 Å². The summed E-state index contributed by atoms with van der Waals surface area (Å²) in [6.45, 7) is 2.74. The smallest absolute Gasteiger partial charge is 0.316 e. The van der Waals surface area contributed by atoms with E-state index in [0.29, 0.717) is 0 Å². The molecule has 0 aromatic rings. The van der Waals surface area contributed by atoms with Crippen LogP contribution in [0.15, 0.2) is 0 Å². The summed E-state index contributed by atoms with van der Waals surface area (Å²) in [5.41, 5.74) is -1.14. The van der Waals surface area contributed by atoms with Gasteiger partial charge in [0.2, 0.25) is 7.37 Å². The van der Waals surface area contributed by atoms with Crippen LogP contribution in [0.2, 0.25) is 0 Å². The third kappa shape index (κ3) is 2.12. The lowest BCUT2D eigenvalue weighted by molar-refractivity contribution is -0.136. The summed E-state index contributed by atoms with van der Waals surface area (Å²) < 4.78 is 10.9. The fourth-order valence-corrected chi connectivity index (χ4v) is 1.34. The van der Waals surface area contributed by atoms with Crippen LogP contribution in [-0.4, -0.2) is 27.8 Å². The first-order chi connectivity index (χ1) is 4.41. The van der Waals surface area contributed by atoms with Crippen molar-refractivity contribution in [3.63, 3.8) is 0 Å². The Balaban J connectivity index is 4.33. The van der Waals surface area contributed by atoms with Crippen molar-refractivity contribution in [3.05, 3.63) is 0 Å². The third-order valence-electron chi connectivity index (χ3n) is 1.42. The predicted molar refractivity (Wildman–Crippen MR) is 37.5 cm³/mol. The van der Waals surface area contributed by atoms with E-state index in [2.05, 4.69) is 0 Å². The number of aliphatic carboxylic acids is 1. The van der Waals surface area contributed by atoms with E-state index < -0.39 is 19.0 Å². The minimum absolute atomic E-state index is 0.0144. The highest BCUT2D eigenvalue weighted by Crippen LogP contribution is 2.45. The lowest BCUT2D eigenvalue weighted by atomic mass is 10.5. The molecule has 0 bridgehead atoms. The highest BCUT2D eigenvalue weighted by molar-refractivity contribution is 7.59. The summed E-state index contributed by atoms with van der Waals surface area (Å²) in [5.74, 6) is -1.22. The molecule has 0 aliphatic heterocycles. The molecule has 10 heavy (non-hydrogen) atoms. The van der Waals surface area contributed by atoms with Gasteiger partial charge in [-0.2, -0.15) is 0 Å². The fourth-order valence-electron chi connectivity index (χ4n) is 0.446. The van der Waals surface area contributed by atoms with Crippen LogP contribution in [-0.2, 0) is 9.36 Å². The number of rotatable bonds is 3. The third-order valence-corrected chi connectivity index (χ3v) is 3.75. The summed E-state index contributed by atoms with van der Waals surface area (Å²) in [5, 5.41) is 8.32. The van der Waals surface area contributed by atoms with Crippen LogP contribution in [0, 0.1) is 0 Å². The topological polar surface area (TPSA) is 74.6 Å². The Kier molecular flexibility index (Phi) is 3.06. The van der Waals surface area contributed by atoms with Gasteiger partial charge in [0.1, 0.15) is 5.66 Å².